The van der Waals surface area contributed by atoms with Crippen LogP contribution in [0, 0.1) is 11.8 Å². The summed E-state index contributed by atoms with van der Waals surface area (Å²) in [7, 11) is -5.41. The molecule has 15 nitrogen and oxygen atoms in total. The zero-order valence-corrected chi connectivity index (χ0v) is 40.2. The van der Waals surface area contributed by atoms with Gasteiger partial charge in [-0.3, -0.25) is 33.3 Å². The molecule has 0 aliphatic rings. The maximum absolute atomic E-state index is 13.3. The standard InChI is InChI=1S/C48H86O15S/c1-3-5-7-9-11-13-15-17-19-21-23-25-27-29-31-33-40(38(46(54)55)35-43(49)50)62-45(53)37-42(64(59,60)61)48(58)63-41(39(47(56)57)36-44(51)52)34-32-30-28-26-24-22-20-18-16-14-12-10-8-6-4-2/h38-42H,3-37H2,1-2H3,(H,49,50)(H,51,52)(H,54,55)(H,56,57)(H,59,60,61). The van der Waals surface area contributed by atoms with Crippen LogP contribution < -0.4 is 0 Å². The Morgan fingerprint density at radius 2 is 0.672 bits per heavy atom. The van der Waals surface area contributed by atoms with E-state index < -0.39 is 94.5 Å². The number of rotatable bonds is 46. The fraction of sp³-hybridized carbons (Fsp3) is 0.875. The average Bonchev–Trinajstić information content (AvgIpc) is 3.22. The zero-order valence-electron chi connectivity index (χ0n) is 39.4. The van der Waals surface area contributed by atoms with Crippen LogP contribution in [0.3, 0.4) is 0 Å². The fourth-order valence-electron chi connectivity index (χ4n) is 8.15. The second kappa shape index (κ2) is 38.9. The summed E-state index contributed by atoms with van der Waals surface area (Å²) in [5.41, 5.74) is 0. The first-order valence-corrected chi connectivity index (χ1v) is 26.3. The quantitative estimate of drug-likeness (QED) is 0.0216. The van der Waals surface area contributed by atoms with Crippen molar-refractivity contribution in [1.82, 2.24) is 0 Å². The van der Waals surface area contributed by atoms with Crippen LogP contribution in [0.5, 0.6) is 0 Å². The van der Waals surface area contributed by atoms with Gasteiger partial charge in [0.15, 0.2) is 5.25 Å². The van der Waals surface area contributed by atoms with Crippen molar-refractivity contribution in [1.29, 1.82) is 0 Å². The van der Waals surface area contributed by atoms with Gasteiger partial charge in [-0.05, 0) is 25.7 Å². The molecule has 0 aromatic heterocycles. The Labute approximate surface area is 384 Å². The van der Waals surface area contributed by atoms with E-state index in [0.29, 0.717) is 25.7 Å². The van der Waals surface area contributed by atoms with Crippen molar-refractivity contribution in [2.45, 2.75) is 256 Å². The lowest BCUT2D eigenvalue weighted by atomic mass is 9.93. The van der Waals surface area contributed by atoms with E-state index in [4.69, 9.17) is 9.47 Å². The highest BCUT2D eigenvalue weighted by atomic mass is 32.2. The van der Waals surface area contributed by atoms with Crippen molar-refractivity contribution in [3.8, 4) is 0 Å². The Hall–Kier alpha value is -3.27. The molecule has 0 rings (SSSR count). The largest absolute Gasteiger partial charge is 0.481 e. The van der Waals surface area contributed by atoms with Crippen molar-refractivity contribution in [3.05, 3.63) is 0 Å². The summed E-state index contributed by atoms with van der Waals surface area (Å²) in [6.45, 7) is 4.41. The first kappa shape index (κ1) is 60.7. The number of esters is 2. The third-order valence-electron chi connectivity index (χ3n) is 12.0. The molecule has 0 radical (unpaired) electrons. The molecule has 5 unspecified atom stereocenters. The van der Waals surface area contributed by atoms with E-state index in [1.165, 1.54) is 103 Å². The molecule has 0 heterocycles. The molecule has 0 bridgehead atoms. The minimum absolute atomic E-state index is 0.0635. The molecule has 0 fully saturated rings. The summed E-state index contributed by atoms with van der Waals surface area (Å²) in [6.07, 6.45) is 25.6. The average molecular weight is 935 g/mol. The van der Waals surface area contributed by atoms with Crippen molar-refractivity contribution < 1.29 is 71.6 Å². The van der Waals surface area contributed by atoms with E-state index in [2.05, 4.69) is 13.8 Å². The Morgan fingerprint density at radius 1 is 0.406 bits per heavy atom. The summed E-state index contributed by atoms with van der Waals surface area (Å²) in [5.74, 6) is -12.8. The minimum atomic E-state index is -5.41. The molecule has 0 saturated heterocycles. The summed E-state index contributed by atoms with van der Waals surface area (Å²) >= 11 is 0. The normalized spacial score (nSPS) is 14.0. The van der Waals surface area contributed by atoms with Crippen LogP contribution in [0.1, 0.15) is 239 Å². The third-order valence-corrected chi connectivity index (χ3v) is 13.1. The number of aliphatic carboxylic acids is 4. The van der Waals surface area contributed by atoms with Gasteiger partial charge >= 0.3 is 35.8 Å². The summed E-state index contributed by atoms with van der Waals surface area (Å²) in [5, 5.41) is 35.9. The summed E-state index contributed by atoms with van der Waals surface area (Å²) < 4.78 is 45.5. The fourth-order valence-corrected chi connectivity index (χ4v) is 8.80. The molecular formula is C48H86O15S. The topological polar surface area (TPSA) is 256 Å². The van der Waals surface area contributed by atoms with Crippen LogP contribution in [-0.2, 0) is 48.4 Å². The van der Waals surface area contributed by atoms with Crippen LogP contribution in [-0.4, -0.2) is 86.7 Å². The molecule has 5 atom stereocenters. The highest BCUT2D eigenvalue weighted by molar-refractivity contribution is 7.87. The number of ether oxygens (including phenoxy) is 2. The van der Waals surface area contributed by atoms with Crippen molar-refractivity contribution in [2.24, 2.45) is 11.8 Å². The van der Waals surface area contributed by atoms with Gasteiger partial charge in [0.1, 0.15) is 24.0 Å². The maximum Gasteiger partial charge on any atom is 0.327 e. The number of carboxylic acid groups (broad SMARTS) is 4. The maximum atomic E-state index is 13.3. The number of carbonyl (C=O) groups excluding carboxylic acids is 2. The molecule has 64 heavy (non-hydrogen) atoms. The molecule has 0 amide bonds. The number of carboxylic acids is 4. The molecule has 0 aliphatic carbocycles. The van der Waals surface area contributed by atoms with Crippen molar-refractivity contribution in [3.63, 3.8) is 0 Å². The van der Waals surface area contributed by atoms with E-state index in [1.807, 2.05) is 0 Å². The molecule has 374 valence electrons. The molecular weight excluding hydrogens is 849 g/mol. The van der Waals surface area contributed by atoms with E-state index >= 15 is 0 Å². The van der Waals surface area contributed by atoms with E-state index in [0.717, 1.165) is 64.2 Å². The zero-order chi connectivity index (χ0) is 48.0. The van der Waals surface area contributed by atoms with Gasteiger partial charge < -0.3 is 29.9 Å². The SMILES string of the molecule is CCCCCCCCCCCCCCCCCC(OC(=O)CC(C(=O)OC(CCCCCCCCCCCCCCCCC)C(CC(=O)O)C(=O)O)S(=O)(=O)O)C(CC(=O)O)C(=O)O. The van der Waals surface area contributed by atoms with E-state index in [9.17, 15) is 62.2 Å². The van der Waals surface area contributed by atoms with Crippen LogP contribution >= 0.6 is 0 Å². The van der Waals surface area contributed by atoms with Gasteiger partial charge in [0.25, 0.3) is 10.1 Å². The Bertz CT molecular complexity index is 1380. The predicted octanol–water partition coefficient (Wildman–Crippen LogP) is 11.3. The Balaban J connectivity index is 5.35. The monoisotopic (exact) mass is 935 g/mol. The van der Waals surface area contributed by atoms with Crippen LogP contribution in [0.15, 0.2) is 0 Å². The smallest absolute Gasteiger partial charge is 0.327 e. The Kier molecular flexibility index (Phi) is 37.0. The first-order chi connectivity index (χ1) is 30.5. The lowest BCUT2D eigenvalue weighted by Gasteiger charge is -2.26. The van der Waals surface area contributed by atoms with Crippen molar-refractivity contribution in [2.75, 3.05) is 0 Å². The second-order valence-electron chi connectivity index (χ2n) is 17.8. The Morgan fingerprint density at radius 3 is 0.922 bits per heavy atom. The molecule has 0 saturated carbocycles. The molecule has 0 aliphatic heterocycles. The van der Waals surface area contributed by atoms with Crippen LogP contribution in [0.25, 0.3) is 0 Å². The van der Waals surface area contributed by atoms with Gasteiger partial charge in [-0.1, -0.05) is 194 Å². The van der Waals surface area contributed by atoms with Crippen LogP contribution in [0.4, 0.5) is 0 Å². The van der Waals surface area contributed by atoms with E-state index in [1.54, 1.807) is 0 Å². The summed E-state index contributed by atoms with van der Waals surface area (Å²) in [4.78, 5) is 73.9. The number of hydrogen-bond donors (Lipinski definition) is 5. The molecule has 16 heteroatoms. The lowest BCUT2D eigenvalue weighted by molar-refractivity contribution is -0.167. The number of carbonyl (C=O) groups is 6. The van der Waals surface area contributed by atoms with Gasteiger partial charge in [-0.25, -0.2) is 0 Å². The van der Waals surface area contributed by atoms with Crippen LogP contribution in [0.2, 0.25) is 0 Å². The van der Waals surface area contributed by atoms with Crippen molar-refractivity contribution >= 4 is 45.9 Å². The lowest BCUT2D eigenvalue weighted by Crippen LogP contribution is -2.41. The first-order valence-electron chi connectivity index (χ1n) is 24.8. The molecule has 0 spiro atoms. The number of hydrogen-bond acceptors (Lipinski definition) is 10. The van der Waals surface area contributed by atoms with Gasteiger partial charge in [0, 0.05) is 0 Å². The highest BCUT2D eigenvalue weighted by Gasteiger charge is 2.41. The minimum Gasteiger partial charge on any atom is -0.481 e. The molecule has 0 aromatic carbocycles. The number of unbranched alkanes of at least 4 members (excludes halogenated alkanes) is 28. The van der Waals surface area contributed by atoms with Gasteiger partial charge in [-0.15, -0.1) is 0 Å². The predicted molar refractivity (Wildman–Crippen MR) is 246 cm³/mol. The third kappa shape index (κ3) is 33.2. The van der Waals surface area contributed by atoms with Gasteiger partial charge in [0.05, 0.1) is 19.3 Å². The second-order valence-corrected chi connectivity index (χ2v) is 19.4. The molecule has 5 N–H and O–H groups in total. The van der Waals surface area contributed by atoms with Gasteiger partial charge in [0.2, 0.25) is 0 Å². The van der Waals surface area contributed by atoms with Gasteiger partial charge in [-0.2, -0.15) is 8.42 Å². The summed E-state index contributed by atoms with van der Waals surface area (Å²) in [6, 6.07) is 0. The van der Waals surface area contributed by atoms with E-state index in [-0.39, 0.29) is 12.8 Å². The highest BCUT2D eigenvalue weighted by Crippen LogP contribution is 2.25. The molecule has 0 aromatic rings.